The van der Waals surface area contributed by atoms with Crippen LogP contribution in [0.15, 0.2) is 27.7 Å². The maximum atomic E-state index is 13.4. The summed E-state index contributed by atoms with van der Waals surface area (Å²) in [6.07, 6.45) is 3.93. The summed E-state index contributed by atoms with van der Waals surface area (Å²) in [5.41, 5.74) is 0.448. The molecule has 1 saturated carbocycles. The van der Waals surface area contributed by atoms with Gasteiger partial charge in [0.1, 0.15) is 5.82 Å². The zero-order valence-electron chi connectivity index (χ0n) is 15.4. The maximum absolute atomic E-state index is 13.4. The Balaban J connectivity index is 0.00000338. The van der Waals surface area contributed by atoms with Gasteiger partial charge in [0.15, 0.2) is 5.96 Å². The molecule has 0 aromatic heterocycles. The van der Waals surface area contributed by atoms with Gasteiger partial charge in [0.2, 0.25) is 5.91 Å². The van der Waals surface area contributed by atoms with Gasteiger partial charge in [-0.3, -0.25) is 9.79 Å². The van der Waals surface area contributed by atoms with Crippen LogP contribution in [0.1, 0.15) is 31.2 Å². The first-order valence-corrected chi connectivity index (χ1v) is 9.27. The van der Waals surface area contributed by atoms with E-state index in [1.54, 1.807) is 32.1 Å². The fourth-order valence-corrected chi connectivity index (χ4v) is 3.71. The second kappa shape index (κ2) is 10.4. The Morgan fingerprint density at radius 2 is 1.96 bits per heavy atom. The lowest BCUT2D eigenvalue weighted by Crippen LogP contribution is -2.49. The summed E-state index contributed by atoms with van der Waals surface area (Å²) in [6, 6.07) is 4.58. The molecule has 2 N–H and O–H groups in total. The van der Waals surface area contributed by atoms with E-state index in [2.05, 4.69) is 31.6 Å². The lowest BCUT2D eigenvalue weighted by Gasteiger charge is -2.31. The van der Waals surface area contributed by atoms with Crippen LogP contribution in [0.25, 0.3) is 0 Å². The van der Waals surface area contributed by atoms with Crippen LogP contribution in [-0.4, -0.2) is 44.5 Å². The van der Waals surface area contributed by atoms with Crippen molar-refractivity contribution in [2.75, 3.05) is 27.7 Å². The van der Waals surface area contributed by atoms with Crippen molar-refractivity contribution in [3.8, 4) is 0 Å². The molecule has 0 bridgehead atoms. The zero-order valence-corrected chi connectivity index (χ0v) is 19.4. The van der Waals surface area contributed by atoms with E-state index in [9.17, 15) is 9.18 Å². The average molecular weight is 541 g/mol. The molecule has 2 rings (SSSR count). The highest BCUT2D eigenvalue weighted by atomic mass is 127. The lowest BCUT2D eigenvalue weighted by molar-refractivity contribution is -0.138. The predicted octanol–water partition coefficient (Wildman–Crippen LogP) is 3.52. The third-order valence-corrected chi connectivity index (χ3v) is 5.47. The molecule has 26 heavy (non-hydrogen) atoms. The molecule has 0 atom stereocenters. The Hall–Kier alpha value is -0.900. The summed E-state index contributed by atoms with van der Waals surface area (Å²) in [5, 5.41) is 6.46. The smallest absolute Gasteiger partial charge is 0.230 e. The minimum Gasteiger partial charge on any atom is -0.355 e. The van der Waals surface area contributed by atoms with Gasteiger partial charge in [0, 0.05) is 38.7 Å². The van der Waals surface area contributed by atoms with Crippen LogP contribution in [0.3, 0.4) is 0 Å². The fourth-order valence-electron chi connectivity index (χ4n) is 3.32. The third kappa shape index (κ3) is 5.80. The van der Waals surface area contributed by atoms with Crippen molar-refractivity contribution >= 4 is 51.8 Å². The molecular formula is C18H27BrFIN4O. The quantitative estimate of drug-likeness (QED) is 0.341. The molecule has 1 aliphatic carbocycles. The number of hydrogen-bond donors (Lipinski definition) is 2. The van der Waals surface area contributed by atoms with Gasteiger partial charge >= 0.3 is 0 Å². The normalized spacial score (nSPS) is 16.0. The van der Waals surface area contributed by atoms with Crippen molar-refractivity contribution in [1.82, 2.24) is 15.5 Å². The molecule has 1 fully saturated rings. The van der Waals surface area contributed by atoms with E-state index in [0.717, 1.165) is 35.7 Å². The maximum Gasteiger partial charge on any atom is 0.230 e. The summed E-state index contributed by atoms with van der Waals surface area (Å²) in [7, 11) is 5.29. The van der Waals surface area contributed by atoms with Crippen molar-refractivity contribution < 1.29 is 9.18 Å². The second-order valence-electron chi connectivity index (χ2n) is 6.70. The molecule has 5 nitrogen and oxygen atoms in total. The van der Waals surface area contributed by atoms with E-state index in [-0.39, 0.29) is 41.1 Å². The van der Waals surface area contributed by atoms with Gasteiger partial charge in [-0.2, -0.15) is 0 Å². The summed E-state index contributed by atoms with van der Waals surface area (Å²) in [4.78, 5) is 18.5. The van der Waals surface area contributed by atoms with Gasteiger partial charge in [-0.25, -0.2) is 4.39 Å². The van der Waals surface area contributed by atoms with Crippen LogP contribution in [-0.2, 0) is 11.3 Å². The molecule has 0 saturated heterocycles. The van der Waals surface area contributed by atoms with Crippen LogP contribution < -0.4 is 10.6 Å². The Kier molecular flexibility index (Phi) is 9.29. The molecule has 1 aromatic carbocycles. The predicted molar refractivity (Wildman–Crippen MR) is 117 cm³/mol. The number of nitrogens with one attached hydrogen (secondary N) is 2. The lowest BCUT2D eigenvalue weighted by atomic mass is 9.84. The van der Waals surface area contributed by atoms with Crippen molar-refractivity contribution in [2.45, 2.75) is 32.2 Å². The first-order chi connectivity index (χ1) is 11.9. The van der Waals surface area contributed by atoms with Gasteiger partial charge in [-0.05, 0) is 36.6 Å². The minimum absolute atomic E-state index is 0. The molecule has 0 heterocycles. The number of aliphatic imine (C=N–C) groups is 1. The van der Waals surface area contributed by atoms with E-state index < -0.39 is 0 Å². The summed E-state index contributed by atoms with van der Waals surface area (Å²) in [6.45, 7) is 0.987. The molecule has 0 unspecified atom stereocenters. The summed E-state index contributed by atoms with van der Waals surface area (Å²) in [5.74, 6) is 0.499. The molecular weight excluding hydrogens is 514 g/mol. The Bertz CT molecular complexity index is 648. The molecule has 1 aliphatic rings. The van der Waals surface area contributed by atoms with E-state index in [0.29, 0.717) is 19.0 Å². The Morgan fingerprint density at radius 3 is 2.54 bits per heavy atom. The SMILES string of the molecule is CN=C(NCc1cc(F)ccc1Br)NCC1(C(=O)N(C)C)CCCC1.I. The van der Waals surface area contributed by atoms with Crippen LogP contribution in [0.5, 0.6) is 0 Å². The van der Waals surface area contributed by atoms with Gasteiger partial charge in [0.05, 0.1) is 5.41 Å². The number of hydrogen-bond acceptors (Lipinski definition) is 2. The van der Waals surface area contributed by atoms with Crippen molar-refractivity contribution in [2.24, 2.45) is 10.4 Å². The number of carbonyl (C=O) groups is 1. The van der Waals surface area contributed by atoms with E-state index in [1.165, 1.54) is 12.1 Å². The van der Waals surface area contributed by atoms with Gasteiger partial charge < -0.3 is 15.5 Å². The highest BCUT2D eigenvalue weighted by Crippen LogP contribution is 2.38. The van der Waals surface area contributed by atoms with Crippen LogP contribution in [0.2, 0.25) is 0 Å². The molecule has 0 radical (unpaired) electrons. The summed E-state index contributed by atoms with van der Waals surface area (Å²) >= 11 is 3.42. The first-order valence-electron chi connectivity index (χ1n) is 8.48. The highest BCUT2D eigenvalue weighted by molar-refractivity contribution is 14.0. The fraction of sp³-hybridized carbons (Fsp3) is 0.556. The topological polar surface area (TPSA) is 56.7 Å². The monoisotopic (exact) mass is 540 g/mol. The van der Waals surface area contributed by atoms with Crippen molar-refractivity contribution in [3.05, 3.63) is 34.1 Å². The van der Waals surface area contributed by atoms with Gasteiger partial charge in [-0.15, -0.1) is 24.0 Å². The van der Waals surface area contributed by atoms with Gasteiger partial charge in [0.25, 0.3) is 0 Å². The number of halogens is 3. The number of carbonyl (C=O) groups excluding carboxylic acids is 1. The van der Waals surface area contributed by atoms with E-state index in [4.69, 9.17) is 0 Å². The Morgan fingerprint density at radius 1 is 1.31 bits per heavy atom. The third-order valence-electron chi connectivity index (χ3n) is 4.69. The van der Waals surface area contributed by atoms with Crippen LogP contribution >= 0.6 is 39.9 Å². The average Bonchev–Trinajstić information content (AvgIpc) is 3.07. The minimum atomic E-state index is -0.361. The molecule has 1 amide bonds. The van der Waals surface area contributed by atoms with Crippen LogP contribution in [0.4, 0.5) is 4.39 Å². The largest absolute Gasteiger partial charge is 0.355 e. The molecule has 8 heteroatoms. The summed E-state index contributed by atoms with van der Waals surface area (Å²) < 4.78 is 14.2. The van der Waals surface area contributed by atoms with E-state index in [1.807, 2.05) is 0 Å². The Labute approximate surface area is 180 Å². The number of amides is 1. The standard InChI is InChI=1S/C18H26BrFN4O.HI/c1-21-17(22-11-13-10-14(20)6-7-15(13)19)23-12-18(8-4-5-9-18)16(25)24(2)3;/h6-7,10H,4-5,8-9,11-12H2,1-3H3,(H2,21,22,23);1H. The highest BCUT2D eigenvalue weighted by Gasteiger charge is 2.42. The molecule has 0 spiro atoms. The molecule has 0 aliphatic heterocycles. The molecule has 1 aromatic rings. The van der Waals surface area contributed by atoms with Crippen LogP contribution in [0, 0.1) is 11.2 Å². The second-order valence-corrected chi connectivity index (χ2v) is 7.56. The molecule has 146 valence electrons. The van der Waals surface area contributed by atoms with E-state index >= 15 is 0 Å². The van der Waals surface area contributed by atoms with Crippen molar-refractivity contribution in [3.63, 3.8) is 0 Å². The zero-order chi connectivity index (χ0) is 18.4. The number of guanidine groups is 1. The van der Waals surface area contributed by atoms with Gasteiger partial charge in [-0.1, -0.05) is 28.8 Å². The first kappa shape index (κ1) is 23.1. The van der Waals surface area contributed by atoms with Crippen molar-refractivity contribution in [1.29, 1.82) is 0 Å². The number of nitrogens with zero attached hydrogens (tertiary/aromatic N) is 2. The number of rotatable bonds is 5. The number of benzene rings is 1.